The predicted molar refractivity (Wildman–Crippen MR) is 174 cm³/mol. The molecule has 8 aromatic rings. The molecule has 0 fully saturated rings. The van der Waals surface area contributed by atoms with Crippen molar-refractivity contribution in [3.05, 3.63) is 152 Å². The highest BCUT2D eigenvalue weighted by Crippen LogP contribution is 2.38. The lowest BCUT2D eigenvalue weighted by atomic mass is 9.97. The van der Waals surface area contributed by atoms with E-state index in [0.717, 1.165) is 44.2 Å². The van der Waals surface area contributed by atoms with Crippen LogP contribution in [0.2, 0.25) is 0 Å². The van der Waals surface area contributed by atoms with Crippen LogP contribution in [0.15, 0.2) is 156 Å². The zero-order valence-corrected chi connectivity index (χ0v) is 23.2. The van der Waals surface area contributed by atoms with Gasteiger partial charge in [0.25, 0.3) is 0 Å². The van der Waals surface area contributed by atoms with Crippen molar-refractivity contribution in [1.29, 1.82) is 0 Å². The number of aromatic nitrogens is 3. The maximum absolute atomic E-state index is 6.27. The summed E-state index contributed by atoms with van der Waals surface area (Å²) in [6, 6.07) is 50.3. The van der Waals surface area contributed by atoms with Gasteiger partial charge < -0.3 is 4.42 Å². The molecule has 2 heterocycles. The number of nitrogens with zero attached hydrogens (tertiary/aromatic N) is 3. The van der Waals surface area contributed by atoms with Crippen molar-refractivity contribution >= 4 is 21.9 Å². The monoisotopic (exact) mass is 551 g/mol. The van der Waals surface area contributed by atoms with Crippen molar-refractivity contribution in [1.82, 2.24) is 15.0 Å². The van der Waals surface area contributed by atoms with Gasteiger partial charge in [-0.15, -0.1) is 0 Å². The van der Waals surface area contributed by atoms with Gasteiger partial charge in [-0.25, -0.2) is 15.0 Å². The van der Waals surface area contributed by atoms with Crippen LogP contribution in [0.5, 0.6) is 0 Å². The molecule has 4 heteroatoms. The molecule has 0 bridgehead atoms. The molecule has 8 rings (SSSR count). The lowest BCUT2D eigenvalue weighted by Gasteiger charge is -2.07. The van der Waals surface area contributed by atoms with E-state index in [1.54, 1.807) is 6.33 Å². The molecule has 43 heavy (non-hydrogen) atoms. The fourth-order valence-corrected chi connectivity index (χ4v) is 5.69. The molecule has 4 nitrogen and oxygen atoms in total. The van der Waals surface area contributed by atoms with Crippen LogP contribution >= 0.6 is 0 Å². The summed E-state index contributed by atoms with van der Waals surface area (Å²) in [5.74, 6) is 1.26. The largest absolute Gasteiger partial charge is 0.456 e. The maximum Gasteiger partial charge on any atom is 0.164 e. The Morgan fingerprint density at radius 2 is 0.930 bits per heavy atom. The quantitative estimate of drug-likeness (QED) is 0.214. The van der Waals surface area contributed by atoms with Crippen molar-refractivity contribution in [2.75, 3.05) is 0 Å². The van der Waals surface area contributed by atoms with Crippen LogP contribution in [-0.2, 0) is 0 Å². The minimum atomic E-state index is 0.621. The van der Waals surface area contributed by atoms with Crippen LogP contribution in [-0.4, -0.2) is 15.0 Å². The SMILES string of the molecule is c1ccc(-c2ccc(-c3ccc(-c4ccc5oc6cccc(-c7ncnc(-c8ccccc8)n7)c6c5c4)cc3)cc2)cc1. The normalized spacial score (nSPS) is 11.3. The first-order valence-electron chi connectivity index (χ1n) is 14.3. The average Bonchev–Trinajstić information content (AvgIpc) is 3.48. The molecule has 2 aromatic heterocycles. The van der Waals surface area contributed by atoms with E-state index in [1.165, 1.54) is 22.3 Å². The second-order valence-electron chi connectivity index (χ2n) is 10.5. The smallest absolute Gasteiger partial charge is 0.164 e. The first-order valence-corrected chi connectivity index (χ1v) is 14.3. The van der Waals surface area contributed by atoms with Crippen molar-refractivity contribution in [2.24, 2.45) is 0 Å². The summed E-state index contributed by atoms with van der Waals surface area (Å²) in [6.07, 6.45) is 1.58. The molecule has 0 spiro atoms. The topological polar surface area (TPSA) is 51.8 Å². The molecule has 0 saturated carbocycles. The summed E-state index contributed by atoms with van der Waals surface area (Å²) >= 11 is 0. The van der Waals surface area contributed by atoms with E-state index in [0.29, 0.717) is 11.6 Å². The van der Waals surface area contributed by atoms with E-state index in [-0.39, 0.29) is 0 Å². The van der Waals surface area contributed by atoms with Crippen LogP contribution in [0.1, 0.15) is 0 Å². The van der Waals surface area contributed by atoms with Gasteiger partial charge in [0, 0.05) is 21.9 Å². The zero-order chi connectivity index (χ0) is 28.6. The molecule has 0 aliphatic carbocycles. The van der Waals surface area contributed by atoms with Gasteiger partial charge in [-0.1, -0.05) is 127 Å². The van der Waals surface area contributed by atoms with Crippen LogP contribution in [0, 0.1) is 0 Å². The summed E-state index contributed by atoms with van der Waals surface area (Å²) < 4.78 is 6.27. The Morgan fingerprint density at radius 3 is 1.58 bits per heavy atom. The fourth-order valence-electron chi connectivity index (χ4n) is 5.69. The number of furan rings is 1. The summed E-state index contributed by atoms with van der Waals surface area (Å²) in [4.78, 5) is 13.8. The van der Waals surface area contributed by atoms with E-state index in [4.69, 9.17) is 9.40 Å². The van der Waals surface area contributed by atoms with E-state index in [1.807, 2.05) is 60.7 Å². The molecule has 0 aliphatic heterocycles. The maximum atomic E-state index is 6.27. The molecule has 0 saturated heterocycles. The minimum absolute atomic E-state index is 0.621. The van der Waals surface area contributed by atoms with E-state index in [9.17, 15) is 0 Å². The number of rotatable bonds is 5. The molecule has 0 N–H and O–H groups in total. The Morgan fingerprint density at radius 1 is 0.395 bits per heavy atom. The van der Waals surface area contributed by atoms with Gasteiger partial charge in [-0.2, -0.15) is 0 Å². The first-order chi connectivity index (χ1) is 21.3. The van der Waals surface area contributed by atoms with Gasteiger partial charge in [0.05, 0.1) is 0 Å². The highest BCUT2D eigenvalue weighted by molar-refractivity contribution is 6.12. The average molecular weight is 552 g/mol. The Hall–Kier alpha value is -5.87. The van der Waals surface area contributed by atoms with E-state index < -0.39 is 0 Å². The van der Waals surface area contributed by atoms with E-state index in [2.05, 4.69) is 94.9 Å². The van der Waals surface area contributed by atoms with Crippen LogP contribution in [0.3, 0.4) is 0 Å². The van der Waals surface area contributed by atoms with Crippen LogP contribution in [0.4, 0.5) is 0 Å². The molecule has 0 amide bonds. The molecule has 6 aromatic carbocycles. The molecule has 0 unspecified atom stereocenters. The second kappa shape index (κ2) is 10.5. The fraction of sp³-hybridized carbons (Fsp3) is 0. The highest BCUT2D eigenvalue weighted by Gasteiger charge is 2.16. The molecule has 202 valence electrons. The first kappa shape index (κ1) is 24.9. The summed E-state index contributed by atoms with van der Waals surface area (Å²) in [5, 5.41) is 2.03. The zero-order valence-electron chi connectivity index (χ0n) is 23.2. The Kier molecular flexibility index (Phi) is 6.08. The number of hydrogen-bond donors (Lipinski definition) is 0. The lowest BCUT2D eigenvalue weighted by molar-refractivity contribution is 0.669. The third-order valence-corrected chi connectivity index (χ3v) is 7.88. The van der Waals surface area contributed by atoms with Crippen molar-refractivity contribution < 1.29 is 4.42 Å². The third-order valence-electron chi connectivity index (χ3n) is 7.88. The second-order valence-corrected chi connectivity index (χ2v) is 10.5. The van der Waals surface area contributed by atoms with Gasteiger partial charge >= 0.3 is 0 Å². The van der Waals surface area contributed by atoms with Gasteiger partial charge in [0.2, 0.25) is 0 Å². The third kappa shape index (κ3) is 4.65. The van der Waals surface area contributed by atoms with Crippen molar-refractivity contribution in [3.63, 3.8) is 0 Å². The molecule has 0 radical (unpaired) electrons. The van der Waals surface area contributed by atoms with Crippen molar-refractivity contribution in [3.8, 4) is 56.2 Å². The predicted octanol–water partition coefficient (Wildman–Crippen LogP) is 10.1. The number of benzene rings is 6. The molecule has 0 atom stereocenters. The standard InChI is InChI=1S/C39H25N3O/c1-3-8-26(9-4-1)27-14-16-28(17-15-27)29-18-20-30(21-19-29)32-22-23-35-34(24-32)37-33(12-7-13-36(37)43-35)39-41-25-40-38(42-39)31-10-5-2-6-11-31/h1-25H. The van der Waals surface area contributed by atoms with Crippen LogP contribution in [0.25, 0.3) is 78.1 Å². The summed E-state index contributed by atoms with van der Waals surface area (Å²) in [6.45, 7) is 0. The number of fused-ring (bicyclic) bond motifs is 3. The Balaban J connectivity index is 1.15. The van der Waals surface area contributed by atoms with Gasteiger partial charge in [-0.05, 0) is 51.6 Å². The van der Waals surface area contributed by atoms with Crippen LogP contribution < -0.4 is 0 Å². The Bertz CT molecular complexity index is 2200. The van der Waals surface area contributed by atoms with Gasteiger partial charge in [-0.3, -0.25) is 0 Å². The Labute approximate surface area is 249 Å². The summed E-state index contributed by atoms with van der Waals surface area (Å²) in [7, 11) is 0. The number of hydrogen-bond acceptors (Lipinski definition) is 4. The summed E-state index contributed by atoms with van der Waals surface area (Å²) in [5.41, 5.74) is 10.6. The van der Waals surface area contributed by atoms with Crippen molar-refractivity contribution in [2.45, 2.75) is 0 Å². The lowest BCUT2D eigenvalue weighted by Crippen LogP contribution is -1.95. The molecular weight excluding hydrogens is 526 g/mol. The minimum Gasteiger partial charge on any atom is -0.456 e. The van der Waals surface area contributed by atoms with E-state index >= 15 is 0 Å². The highest BCUT2D eigenvalue weighted by atomic mass is 16.3. The molecular formula is C39H25N3O. The molecule has 0 aliphatic rings. The van der Waals surface area contributed by atoms with Gasteiger partial charge in [0.15, 0.2) is 11.6 Å². The van der Waals surface area contributed by atoms with Gasteiger partial charge in [0.1, 0.15) is 17.5 Å².